The summed E-state index contributed by atoms with van der Waals surface area (Å²) in [7, 11) is 1.71. The largest absolute Gasteiger partial charge is 0.309 e. The molecular weight excluding hydrogens is 268 g/mol. The van der Waals surface area contributed by atoms with Crippen LogP contribution in [0.25, 0.3) is 0 Å². The van der Waals surface area contributed by atoms with Crippen LogP contribution in [0.4, 0.5) is 8.78 Å². The Labute approximate surface area is 116 Å². The van der Waals surface area contributed by atoms with Gasteiger partial charge in [-0.1, -0.05) is 35.9 Å². The van der Waals surface area contributed by atoms with Crippen molar-refractivity contribution in [1.29, 1.82) is 0 Å². The van der Waals surface area contributed by atoms with Gasteiger partial charge in [0.05, 0.1) is 6.04 Å². The molecule has 1 N–H and O–H groups in total. The lowest BCUT2D eigenvalue weighted by Gasteiger charge is -2.19. The van der Waals surface area contributed by atoms with Crippen LogP contribution in [0.1, 0.15) is 22.7 Å². The highest BCUT2D eigenvalue weighted by molar-refractivity contribution is 6.31. The average Bonchev–Trinajstić information content (AvgIpc) is 2.39. The molecule has 0 saturated heterocycles. The van der Waals surface area contributed by atoms with Crippen LogP contribution >= 0.6 is 11.6 Å². The smallest absolute Gasteiger partial charge is 0.163 e. The normalized spacial score (nSPS) is 12.5. The van der Waals surface area contributed by atoms with Gasteiger partial charge in [0.2, 0.25) is 0 Å². The molecule has 2 aromatic carbocycles. The van der Waals surface area contributed by atoms with Crippen molar-refractivity contribution in [2.45, 2.75) is 13.0 Å². The molecule has 0 saturated carbocycles. The minimum atomic E-state index is -0.844. The summed E-state index contributed by atoms with van der Waals surface area (Å²) in [6.07, 6.45) is 0. The Morgan fingerprint density at radius 1 is 1.16 bits per heavy atom. The second kappa shape index (κ2) is 5.68. The summed E-state index contributed by atoms with van der Waals surface area (Å²) < 4.78 is 27.2. The first-order valence-corrected chi connectivity index (χ1v) is 6.29. The van der Waals surface area contributed by atoms with E-state index in [0.717, 1.165) is 17.2 Å². The molecule has 1 atom stereocenters. The molecule has 1 unspecified atom stereocenters. The topological polar surface area (TPSA) is 12.0 Å². The molecule has 0 radical (unpaired) electrons. The van der Waals surface area contributed by atoms with Crippen LogP contribution in [0, 0.1) is 18.6 Å². The SMILES string of the molecule is CNC(c1ccc(Cl)c(C)c1)c1cccc(F)c1F. The third-order valence-corrected chi connectivity index (χ3v) is 3.52. The highest BCUT2D eigenvalue weighted by Crippen LogP contribution is 2.28. The maximum Gasteiger partial charge on any atom is 0.163 e. The van der Waals surface area contributed by atoms with Gasteiger partial charge in [0.1, 0.15) is 0 Å². The predicted octanol–water partition coefficient (Wildman–Crippen LogP) is 4.24. The van der Waals surface area contributed by atoms with Gasteiger partial charge in [-0.15, -0.1) is 0 Å². The monoisotopic (exact) mass is 281 g/mol. The van der Waals surface area contributed by atoms with E-state index in [0.29, 0.717) is 5.02 Å². The number of hydrogen-bond donors (Lipinski definition) is 1. The van der Waals surface area contributed by atoms with E-state index in [4.69, 9.17) is 11.6 Å². The summed E-state index contributed by atoms with van der Waals surface area (Å²) in [5.41, 5.74) is 2.02. The molecule has 0 aliphatic carbocycles. The fourth-order valence-corrected chi connectivity index (χ4v) is 2.21. The third kappa shape index (κ3) is 2.77. The Hall–Kier alpha value is -1.45. The molecule has 0 spiro atoms. The van der Waals surface area contributed by atoms with E-state index in [1.807, 2.05) is 13.0 Å². The molecular formula is C15H14ClF2N. The fourth-order valence-electron chi connectivity index (χ4n) is 2.09. The zero-order valence-electron chi connectivity index (χ0n) is 10.7. The number of nitrogens with one attached hydrogen (secondary N) is 1. The predicted molar refractivity (Wildman–Crippen MR) is 73.4 cm³/mol. The zero-order chi connectivity index (χ0) is 14.0. The molecule has 0 aromatic heterocycles. The van der Waals surface area contributed by atoms with Crippen LogP contribution in [0.15, 0.2) is 36.4 Å². The van der Waals surface area contributed by atoms with E-state index in [-0.39, 0.29) is 5.56 Å². The van der Waals surface area contributed by atoms with Gasteiger partial charge in [0, 0.05) is 10.6 Å². The molecule has 0 fully saturated rings. The van der Waals surface area contributed by atoms with Crippen molar-refractivity contribution in [3.8, 4) is 0 Å². The molecule has 0 bridgehead atoms. The van der Waals surface area contributed by atoms with Gasteiger partial charge in [-0.2, -0.15) is 0 Å². The zero-order valence-corrected chi connectivity index (χ0v) is 11.4. The summed E-state index contributed by atoms with van der Waals surface area (Å²) in [6, 6.07) is 9.21. The first-order chi connectivity index (χ1) is 9.04. The van der Waals surface area contributed by atoms with Crippen molar-refractivity contribution < 1.29 is 8.78 Å². The summed E-state index contributed by atoms with van der Waals surface area (Å²) in [5.74, 6) is -1.67. The van der Waals surface area contributed by atoms with E-state index in [2.05, 4.69) is 5.32 Å². The van der Waals surface area contributed by atoms with Crippen molar-refractivity contribution >= 4 is 11.6 Å². The van der Waals surface area contributed by atoms with Gasteiger partial charge in [0.25, 0.3) is 0 Å². The molecule has 0 heterocycles. The molecule has 1 nitrogen and oxygen atoms in total. The lowest BCUT2D eigenvalue weighted by Crippen LogP contribution is -2.19. The highest BCUT2D eigenvalue weighted by atomic mass is 35.5. The van der Waals surface area contributed by atoms with Crippen molar-refractivity contribution in [2.24, 2.45) is 0 Å². The molecule has 2 rings (SSSR count). The lowest BCUT2D eigenvalue weighted by molar-refractivity contribution is 0.487. The first-order valence-electron chi connectivity index (χ1n) is 5.92. The highest BCUT2D eigenvalue weighted by Gasteiger charge is 2.18. The van der Waals surface area contributed by atoms with E-state index in [1.165, 1.54) is 6.07 Å². The van der Waals surface area contributed by atoms with Gasteiger partial charge in [-0.05, 0) is 37.2 Å². The number of benzene rings is 2. The second-order valence-electron chi connectivity index (χ2n) is 4.37. The number of rotatable bonds is 3. The molecule has 0 aliphatic rings. The minimum Gasteiger partial charge on any atom is -0.309 e. The van der Waals surface area contributed by atoms with Gasteiger partial charge in [0.15, 0.2) is 11.6 Å². The van der Waals surface area contributed by atoms with Crippen LogP contribution in [0.3, 0.4) is 0 Å². The standard InChI is InChI=1S/C15H14ClF2N/c1-9-8-10(6-7-12(9)16)15(19-2)11-4-3-5-13(17)14(11)18/h3-8,15,19H,1-2H3. The van der Waals surface area contributed by atoms with Crippen molar-refractivity contribution in [3.63, 3.8) is 0 Å². The Balaban J connectivity index is 2.50. The Kier molecular flexibility index (Phi) is 4.17. The average molecular weight is 282 g/mol. The molecule has 0 aliphatic heterocycles. The van der Waals surface area contributed by atoms with Crippen molar-refractivity contribution in [1.82, 2.24) is 5.32 Å². The van der Waals surface area contributed by atoms with Gasteiger partial charge in [-0.25, -0.2) is 8.78 Å². The van der Waals surface area contributed by atoms with Crippen LogP contribution < -0.4 is 5.32 Å². The number of halogens is 3. The van der Waals surface area contributed by atoms with Gasteiger partial charge >= 0.3 is 0 Å². The quantitative estimate of drug-likeness (QED) is 0.887. The number of hydrogen-bond acceptors (Lipinski definition) is 1. The van der Waals surface area contributed by atoms with E-state index >= 15 is 0 Å². The van der Waals surface area contributed by atoms with Gasteiger partial charge < -0.3 is 5.32 Å². The summed E-state index contributed by atoms with van der Waals surface area (Å²) >= 11 is 5.98. The minimum absolute atomic E-state index is 0.282. The molecule has 4 heteroatoms. The summed E-state index contributed by atoms with van der Waals surface area (Å²) in [6.45, 7) is 1.88. The molecule has 2 aromatic rings. The van der Waals surface area contributed by atoms with Crippen LogP contribution in [-0.4, -0.2) is 7.05 Å². The summed E-state index contributed by atoms with van der Waals surface area (Å²) in [5, 5.41) is 3.65. The van der Waals surface area contributed by atoms with Crippen LogP contribution in [0.2, 0.25) is 5.02 Å². The van der Waals surface area contributed by atoms with Crippen LogP contribution in [-0.2, 0) is 0 Å². The molecule has 19 heavy (non-hydrogen) atoms. The van der Waals surface area contributed by atoms with Crippen molar-refractivity contribution in [2.75, 3.05) is 7.05 Å². The third-order valence-electron chi connectivity index (χ3n) is 3.10. The summed E-state index contributed by atoms with van der Waals surface area (Å²) in [4.78, 5) is 0. The van der Waals surface area contributed by atoms with Gasteiger partial charge in [-0.3, -0.25) is 0 Å². The van der Waals surface area contributed by atoms with Crippen molar-refractivity contribution in [3.05, 3.63) is 69.7 Å². The Morgan fingerprint density at radius 2 is 1.89 bits per heavy atom. The van der Waals surface area contributed by atoms with E-state index in [1.54, 1.807) is 25.2 Å². The maximum atomic E-state index is 13.9. The molecule has 0 amide bonds. The maximum absolute atomic E-state index is 13.9. The second-order valence-corrected chi connectivity index (χ2v) is 4.78. The fraction of sp³-hybridized carbons (Fsp3) is 0.200. The van der Waals surface area contributed by atoms with Crippen LogP contribution in [0.5, 0.6) is 0 Å². The Bertz CT molecular complexity index is 599. The van der Waals surface area contributed by atoms with E-state index in [9.17, 15) is 8.78 Å². The number of aryl methyl sites for hydroxylation is 1. The lowest BCUT2D eigenvalue weighted by atomic mass is 9.97. The first kappa shape index (κ1) is 14.0. The van der Waals surface area contributed by atoms with E-state index < -0.39 is 17.7 Å². The molecule has 100 valence electrons. The Morgan fingerprint density at radius 3 is 2.53 bits per heavy atom.